The smallest absolute Gasteiger partial charge is 0.343 e. The van der Waals surface area contributed by atoms with Gasteiger partial charge in [-0.3, -0.25) is 14.5 Å². The van der Waals surface area contributed by atoms with Crippen molar-refractivity contribution in [3.63, 3.8) is 0 Å². The lowest BCUT2D eigenvalue weighted by molar-refractivity contribution is -0.123. The fraction of sp³-hybridized carbons (Fsp3) is 0.115. The average Bonchev–Trinajstić information content (AvgIpc) is 3.08. The molecular weight excluding hydrogens is 518 g/mol. The number of carbonyl (C=O) groups is 3. The van der Waals surface area contributed by atoms with E-state index in [1.807, 2.05) is 37.3 Å². The third-order valence-corrected chi connectivity index (χ3v) is 6.61. The van der Waals surface area contributed by atoms with E-state index in [2.05, 4.69) is 15.9 Å². The van der Waals surface area contributed by atoms with Crippen molar-refractivity contribution in [2.75, 3.05) is 7.11 Å². The summed E-state index contributed by atoms with van der Waals surface area (Å²) >= 11 is 4.23. The number of halogens is 1. The van der Waals surface area contributed by atoms with Crippen LogP contribution in [-0.4, -0.2) is 29.1 Å². The van der Waals surface area contributed by atoms with Crippen molar-refractivity contribution >= 4 is 50.9 Å². The van der Waals surface area contributed by atoms with Crippen molar-refractivity contribution in [2.45, 2.75) is 13.5 Å². The van der Waals surface area contributed by atoms with Crippen molar-refractivity contribution in [1.82, 2.24) is 4.90 Å². The summed E-state index contributed by atoms with van der Waals surface area (Å²) < 4.78 is 11.6. The van der Waals surface area contributed by atoms with Crippen LogP contribution in [0, 0.1) is 6.92 Å². The minimum absolute atomic E-state index is 0.225. The van der Waals surface area contributed by atoms with Crippen LogP contribution in [0.25, 0.3) is 6.08 Å². The van der Waals surface area contributed by atoms with Crippen molar-refractivity contribution in [1.29, 1.82) is 0 Å². The molecule has 1 aliphatic rings. The van der Waals surface area contributed by atoms with Gasteiger partial charge in [-0.25, -0.2) is 4.79 Å². The first-order valence-electron chi connectivity index (χ1n) is 10.3. The zero-order valence-corrected chi connectivity index (χ0v) is 20.8. The summed E-state index contributed by atoms with van der Waals surface area (Å²) in [5.74, 6) is -0.291. The summed E-state index contributed by atoms with van der Waals surface area (Å²) in [5, 5.41) is -0.314. The first kappa shape index (κ1) is 23.8. The predicted octanol–water partition coefficient (Wildman–Crippen LogP) is 6.22. The number of amides is 2. The SMILES string of the molecule is COc1cc(/C=C2\SC(=O)N(Cc3ccccc3C)C2=O)ccc1OC(=O)c1cccc(Br)c1. The number of rotatable bonds is 6. The summed E-state index contributed by atoms with van der Waals surface area (Å²) in [6, 6.07) is 19.5. The number of thioether (sulfide) groups is 1. The molecule has 1 aliphatic heterocycles. The Bertz CT molecular complexity index is 1320. The van der Waals surface area contributed by atoms with Gasteiger partial charge in [-0.15, -0.1) is 0 Å². The Kier molecular flexibility index (Phi) is 7.19. The van der Waals surface area contributed by atoms with E-state index in [1.54, 1.807) is 42.5 Å². The summed E-state index contributed by atoms with van der Waals surface area (Å²) in [5.41, 5.74) is 2.97. The number of methoxy groups -OCH3 is 1. The minimum atomic E-state index is -0.523. The highest BCUT2D eigenvalue weighted by Crippen LogP contribution is 2.35. The second kappa shape index (κ2) is 10.3. The van der Waals surface area contributed by atoms with E-state index in [9.17, 15) is 14.4 Å². The molecule has 34 heavy (non-hydrogen) atoms. The molecule has 4 rings (SSSR count). The van der Waals surface area contributed by atoms with Crippen LogP contribution in [0.1, 0.15) is 27.0 Å². The third kappa shape index (κ3) is 5.24. The molecule has 3 aromatic carbocycles. The lowest BCUT2D eigenvalue weighted by Gasteiger charge is -2.14. The van der Waals surface area contributed by atoms with Crippen molar-refractivity contribution < 1.29 is 23.9 Å². The zero-order chi connectivity index (χ0) is 24.2. The third-order valence-electron chi connectivity index (χ3n) is 5.21. The minimum Gasteiger partial charge on any atom is -0.493 e. The maximum absolute atomic E-state index is 12.9. The molecule has 0 spiro atoms. The fourth-order valence-corrected chi connectivity index (χ4v) is 4.62. The van der Waals surface area contributed by atoms with Crippen LogP contribution >= 0.6 is 27.7 Å². The molecule has 0 unspecified atom stereocenters. The molecule has 0 bridgehead atoms. The van der Waals surface area contributed by atoms with Crippen LogP contribution < -0.4 is 9.47 Å². The molecule has 1 fully saturated rings. The number of carbonyl (C=O) groups excluding carboxylic acids is 3. The Morgan fingerprint density at radius 3 is 2.56 bits per heavy atom. The summed E-state index contributed by atoms with van der Waals surface area (Å²) in [7, 11) is 1.46. The number of imide groups is 1. The number of nitrogens with zero attached hydrogens (tertiary/aromatic N) is 1. The van der Waals surface area contributed by atoms with E-state index in [0.29, 0.717) is 21.8 Å². The van der Waals surface area contributed by atoms with Crippen molar-refractivity contribution in [3.8, 4) is 11.5 Å². The topological polar surface area (TPSA) is 72.9 Å². The van der Waals surface area contributed by atoms with Crippen molar-refractivity contribution in [3.05, 3.63) is 98.4 Å². The highest BCUT2D eigenvalue weighted by Gasteiger charge is 2.35. The van der Waals surface area contributed by atoms with E-state index < -0.39 is 5.97 Å². The van der Waals surface area contributed by atoms with Gasteiger partial charge in [0.1, 0.15) is 0 Å². The van der Waals surface area contributed by atoms with Crippen LogP contribution in [0.3, 0.4) is 0 Å². The van der Waals surface area contributed by atoms with Gasteiger partial charge in [-0.1, -0.05) is 52.3 Å². The van der Waals surface area contributed by atoms with Gasteiger partial charge in [0.2, 0.25) is 0 Å². The van der Waals surface area contributed by atoms with E-state index in [0.717, 1.165) is 27.4 Å². The van der Waals surface area contributed by atoms with Crippen LogP contribution in [-0.2, 0) is 11.3 Å². The molecule has 0 atom stereocenters. The largest absolute Gasteiger partial charge is 0.493 e. The normalized spacial score (nSPS) is 14.6. The Labute approximate surface area is 209 Å². The summed E-state index contributed by atoms with van der Waals surface area (Å²) in [6.45, 7) is 2.17. The Morgan fingerprint density at radius 1 is 1.03 bits per heavy atom. The molecule has 3 aromatic rings. The Balaban J connectivity index is 1.53. The first-order chi connectivity index (χ1) is 16.4. The maximum Gasteiger partial charge on any atom is 0.343 e. The molecule has 0 N–H and O–H groups in total. The van der Waals surface area contributed by atoms with Gasteiger partial charge in [0.25, 0.3) is 11.1 Å². The fourth-order valence-electron chi connectivity index (χ4n) is 3.38. The first-order valence-corrected chi connectivity index (χ1v) is 11.9. The highest BCUT2D eigenvalue weighted by atomic mass is 79.9. The van der Waals surface area contributed by atoms with Gasteiger partial charge < -0.3 is 9.47 Å². The quantitative estimate of drug-likeness (QED) is 0.211. The molecule has 0 aliphatic carbocycles. The lowest BCUT2D eigenvalue weighted by Crippen LogP contribution is -2.27. The van der Waals surface area contributed by atoms with E-state index in [1.165, 1.54) is 12.0 Å². The van der Waals surface area contributed by atoms with E-state index in [4.69, 9.17) is 9.47 Å². The van der Waals surface area contributed by atoms with Gasteiger partial charge in [-0.2, -0.15) is 0 Å². The molecule has 1 heterocycles. The lowest BCUT2D eigenvalue weighted by atomic mass is 10.1. The van der Waals surface area contributed by atoms with E-state index in [-0.39, 0.29) is 23.4 Å². The summed E-state index contributed by atoms with van der Waals surface area (Å²) in [6.07, 6.45) is 1.63. The van der Waals surface area contributed by atoms with Crippen LogP contribution in [0.5, 0.6) is 11.5 Å². The van der Waals surface area contributed by atoms with Gasteiger partial charge in [0.15, 0.2) is 11.5 Å². The van der Waals surface area contributed by atoms with Gasteiger partial charge in [-0.05, 0) is 71.8 Å². The number of hydrogen-bond donors (Lipinski definition) is 0. The molecule has 0 saturated carbocycles. The molecular formula is C26H20BrNO5S. The molecule has 8 heteroatoms. The molecule has 172 valence electrons. The average molecular weight is 538 g/mol. The van der Waals surface area contributed by atoms with E-state index >= 15 is 0 Å². The van der Waals surface area contributed by atoms with Gasteiger partial charge in [0, 0.05) is 4.47 Å². The predicted molar refractivity (Wildman–Crippen MR) is 135 cm³/mol. The highest BCUT2D eigenvalue weighted by molar-refractivity contribution is 9.10. The second-order valence-corrected chi connectivity index (χ2v) is 9.41. The molecule has 0 radical (unpaired) electrons. The number of benzene rings is 3. The number of esters is 1. The second-order valence-electron chi connectivity index (χ2n) is 7.50. The molecule has 6 nitrogen and oxygen atoms in total. The van der Waals surface area contributed by atoms with Crippen molar-refractivity contribution in [2.24, 2.45) is 0 Å². The van der Waals surface area contributed by atoms with Gasteiger partial charge in [0.05, 0.1) is 24.1 Å². The van der Waals surface area contributed by atoms with Crippen LogP contribution in [0.15, 0.2) is 76.1 Å². The zero-order valence-electron chi connectivity index (χ0n) is 18.4. The summed E-state index contributed by atoms with van der Waals surface area (Å²) in [4.78, 5) is 39.4. The number of ether oxygens (including phenoxy) is 2. The van der Waals surface area contributed by atoms with Crippen LogP contribution in [0.4, 0.5) is 4.79 Å². The number of hydrogen-bond acceptors (Lipinski definition) is 6. The monoisotopic (exact) mass is 537 g/mol. The molecule has 1 saturated heterocycles. The Hall–Kier alpha value is -3.36. The maximum atomic E-state index is 12.9. The van der Waals surface area contributed by atoms with Gasteiger partial charge >= 0.3 is 5.97 Å². The van der Waals surface area contributed by atoms with Crippen LogP contribution in [0.2, 0.25) is 0 Å². The number of aryl methyl sites for hydroxylation is 1. The molecule has 0 aromatic heterocycles. The Morgan fingerprint density at radius 2 is 1.82 bits per heavy atom. The standard InChI is InChI=1S/C26H20BrNO5S/c1-16-6-3-4-7-19(16)15-28-24(29)23(34-26(28)31)13-17-10-11-21(22(12-17)32-2)33-25(30)18-8-5-9-20(27)14-18/h3-14H,15H2,1-2H3/b23-13-. The molecule has 2 amide bonds.